The van der Waals surface area contributed by atoms with Crippen molar-refractivity contribution in [2.45, 2.75) is 0 Å². The van der Waals surface area contributed by atoms with Crippen LogP contribution in [0.5, 0.6) is 0 Å². The molecule has 0 unspecified atom stereocenters. The highest BCUT2D eigenvalue weighted by atomic mass is 15.5. The van der Waals surface area contributed by atoms with Crippen molar-refractivity contribution in [2.24, 2.45) is 5.84 Å². The van der Waals surface area contributed by atoms with Crippen molar-refractivity contribution in [3.05, 3.63) is 6.07 Å². The van der Waals surface area contributed by atoms with Gasteiger partial charge in [-0.3, -0.25) is 0 Å². The fourth-order valence-corrected chi connectivity index (χ4v) is 1.68. The Morgan fingerprint density at radius 2 is 1.82 bits per heavy atom. The van der Waals surface area contributed by atoms with Crippen molar-refractivity contribution in [1.29, 1.82) is 0 Å². The molecule has 0 amide bonds. The summed E-state index contributed by atoms with van der Waals surface area (Å²) >= 11 is 0. The van der Waals surface area contributed by atoms with Gasteiger partial charge in [-0.05, 0) is 7.05 Å². The lowest BCUT2D eigenvalue weighted by molar-refractivity contribution is 0.178. The second-order valence-corrected chi connectivity index (χ2v) is 4.04. The zero-order valence-electron chi connectivity index (χ0n) is 9.85. The molecular weight excluding hydrogens is 220 g/mol. The van der Waals surface area contributed by atoms with Gasteiger partial charge in [-0.15, -0.1) is 0 Å². The molecule has 1 aliphatic heterocycles. The quantitative estimate of drug-likeness (QED) is 0.389. The molecule has 0 atom stereocenters. The summed E-state index contributed by atoms with van der Waals surface area (Å²) in [6, 6.07) is 1.72. The van der Waals surface area contributed by atoms with Gasteiger partial charge < -0.3 is 21.5 Å². The van der Waals surface area contributed by atoms with Crippen molar-refractivity contribution < 1.29 is 0 Å². The second-order valence-electron chi connectivity index (χ2n) is 4.04. The molecule has 0 bridgehead atoms. The predicted molar refractivity (Wildman–Crippen MR) is 66.9 cm³/mol. The second kappa shape index (κ2) is 5.13. The minimum absolute atomic E-state index is 0.192. The van der Waals surface area contributed by atoms with Crippen LogP contribution in [-0.2, 0) is 0 Å². The van der Waals surface area contributed by atoms with Gasteiger partial charge in [0.05, 0.1) is 0 Å². The Balaban J connectivity index is 2.00. The molecule has 2 heterocycles. The van der Waals surface area contributed by atoms with Crippen LogP contribution in [-0.4, -0.2) is 53.1 Å². The van der Waals surface area contributed by atoms with Gasteiger partial charge in [0.15, 0.2) is 0 Å². The third kappa shape index (κ3) is 3.16. The monoisotopic (exact) mass is 238 g/mol. The van der Waals surface area contributed by atoms with E-state index in [4.69, 9.17) is 11.6 Å². The van der Waals surface area contributed by atoms with Crippen LogP contribution in [0.1, 0.15) is 0 Å². The molecule has 2 rings (SSSR count). The molecule has 94 valence electrons. The molecule has 0 aliphatic carbocycles. The molecule has 0 saturated carbocycles. The van der Waals surface area contributed by atoms with Gasteiger partial charge in [-0.1, -0.05) is 0 Å². The van der Waals surface area contributed by atoms with Crippen LogP contribution >= 0.6 is 0 Å². The molecule has 6 N–H and O–H groups in total. The summed E-state index contributed by atoms with van der Waals surface area (Å²) in [6.45, 7) is 3.92. The maximum Gasteiger partial charge on any atom is 0.224 e. The SMILES string of the molecule is CN1CCN(Nc2cc(NN)nc(N)n2)CC1. The summed E-state index contributed by atoms with van der Waals surface area (Å²) in [6.07, 6.45) is 0. The first-order valence-corrected chi connectivity index (χ1v) is 5.48. The lowest BCUT2D eigenvalue weighted by atomic mass is 10.4. The summed E-state index contributed by atoms with van der Waals surface area (Å²) < 4.78 is 0. The maximum atomic E-state index is 5.58. The summed E-state index contributed by atoms with van der Waals surface area (Å²) in [5.74, 6) is 6.63. The number of likely N-dealkylation sites (N-methyl/N-ethyl adjacent to an activating group) is 1. The average Bonchev–Trinajstić information content (AvgIpc) is 2.31. The van der Waals surface area contributed by atoms with E-state index in [1.165, 1.54) is 0 Å². The average molecular weight is 238 g/mol. The zero-order chi connectivity index (χ0) is 12.3. The highest BCUT2D eigenvalue weighted by Gasteiger charge is 2.14. The van der Waals surface area contributed by atoms with Crippen molar-refractivity contribution in [3.8, 4) is 0 Å². The smallest absolute Gasteiger partial charge is 0.224 e. The largest absolute Gasteiger partial charge is 0.368 e. The van der Waals surface area contributed by atoms with Crippen LogP contribution in [0.25, 0.3) is 0 Å². The van der Waals surface area contributed by atoms with Crippen LogP contribution in [0.4, 0.5) is 17.6 Å². The summed E-state index contributed by atoms with van der Waals surface area (Å²) in [5.41, 5.74) is 11.2. The molecule has 8 heteroatoms. The number of nitrogens with one attached hydrogen (secondary N) is 2. The van der Waals surface area contributed by atoms with Crippen molar-refractivity contribution >= 4 is 17.6 Å². The van der Waals surface area contributed by atoms with Gasteiger partial charge in [0.2, 0.25) is 5.95 Å². The van der Waals surface area contributed by atoms with Crippen molar-refractivity contribution in [3.63, 3.8) is 0 Å². The normalized spacial score (nSPS) is 18.0. The van der Waals surface area contributed by atoms with Crippen LogP contribution < -0.4 is 22.4 Å². The van der Waals surface area contributed by atoms with E-state index < -0.39 is 0 Å². The number of hydrogen-bond acceptors (Lipinski definition) is 8. The highest BCUT2D eigenvalue weighted by molar-refractivity contribution is 5.49. The van der Waals surface area contributed by atoms with Crippen molar-refractivity contribution in [2.75, 3.05) is 49.8 Å². The van der Waals surface area contributed by atoms with Crippen LogP contribution in [0.2, 0.25) is 0 Å². The molecule has 1 saturated heterocycles. The lowest BCUT2D eigenvalue weighted by Crippen LogP contribution is -2.47. The fraction of sp³-hybridized carbons (Fsp3) is 0.556. The minimum Gasteiger partial charge on any atom is -0.368 e. The first kappa shape index (κ1) is 11.8. The van der Waals surface area contributed by atoms with Gasteiger partial charge in [0, 0.05) is 32.2 Å². The molecule has 1 aliphatic rings. The summed E-state index contributed by atoms with van der Waals surface area (Å²) in [7, 11) is 2.11. The zero-order valence-corrected chi connectivity index (χ0v) is 9.85. The number of hydrazine groups is 2. The Morgan fingerprint density at radius 3 is 2.47 bits per heavy atom. The molecule has 0 spiro atoms. The lowest BCUT2D eigenvalue weighted by Gasteiger charge is -2.32. The molecule has 8 nitrogen and oxygen atoms in total. The fourth-order valence-electron chi connectivity index (χ4n) is 1.68. The number of nitrogens with two attached hydrogens (primary N) is 2. The Labute approximate surface area is 99.9 Å². The Bertz CT molecular complexity index is 373. The third-order valence-corrected chi connectivity index (χ3v) is 2.67. The number of nitrogen functional groups attached to an aromatic ring is 2. The Kier molecular flexibility index (Phi) is 3.57. The van der Waals surface area contributed by atoms with E-state index in [2.05, 4.69) is 37.8 Å². The van der Waals surface area contributed by atoms with E-state index >= 15 is 0 Å². The van der Waals surface area contributed by atoms with Gasteiger partial charge in [-0.25, -0.2) is 10.9 Å². The molecule has 1 aromatic heterocycles. The molecular formula is C9H18N8. The standard InChI is InChI=1S/C9H18N8/c1-16-2-4-17(5-3-16)15-8-6-7(14-11)12-9(10)13-8/h6H,2-5,11H2,1H3,(H4,10,12,13,14,15). The van der Waals surface area contributed by atoms with E-state index in [0.717, 1.165) is 26.2 Å². The Morgan fingerprint density at radius 1 is 1.18 bits per heavy atom. The summed E-state index contributed by atoms with van der Waals surface area (Å²) in [5, 5.41) is 2.10. The van der Waals surface area contributed by atoms with Crippen LogP contribution in [0.3, 0.4) is 0 Å². The number of nitrogens with zero attached hydrogens (tertiary/aromatic N) is 4. The van der Waals surface area contributed by atoms with E-state index in [1.54, 1.807) is 6.07 Å². The summed E-state index contributed by atoms with van der Waals surface area (Å²) in [4.78, 5) is 10.3. The van der Waals surface area contributed by atoms with E-state index in [0.29, 0.717) is 11.6 Å². The predicted octanol–water partition coefficient (Wildman–Crippen LogP) is -1.08. The van der Waals surface area contributed by atoms with E-state index in [1.807, 2.05) is 0 Å². The molecule has 0 radical (unpaired) electrons. The van der Waals surface area contributed by atoms with E-state index in [9.17, 15) is 0 Å². The van der Waals surface area contributed by atoms with Crippen LogP contribution in [0, 0.1) is 0 Å². The van der Waals surface area contributed by atoms with Crippen LogP contribution in [0.15, 0.2) is 6.07 Å². The van der Waals surface area contributed by atoms with Gasteiger partial charge in [-0.2, -0.15) is 9.97 Å². The van der Waals surface area contributed by atoms with Crippen molar-refractivity contribution in [1.82, 2.24) is 19.9 Å². The first-order chi connectivity index (χ1) is 8.17. The van der Waals surface area contributed by atoms with Gasteiger partial charge in [0.1, 0.15) is 11.6 Å². The number of rotatable bonds is 3. The molecule has 17 heavy (non-hydrogen) atoms. The number of piperazine rings is 1. The topological polar surface area (TPSA) is 108 Å². The van der Waals surface area contributed by atoms with E-state index in [-0.39, 0.29) is 5.95 Å². The molecule has 1 fully saturated rings. The number of hydrogen-bond donors (Lipinski definition) is 4. The third-order valence-electron chi connectivity index (χ3n) is 2.67. The minimum atomic E-state index is 0.192. The number of anilines is 3. The maximum absolute atomic E-state index is 5.58. The first-order valence-electron chi connectivity index (χ1n) is 5.48. The van der Waals surface area contributed by atoms with Gasteiger partial charge in [0.25, 0.3) is 0 Å². The number of aromatic nitrogens is 2. The molecule has 1 aromatic rings. The molecule has 0 aromatic carbocycles. The van der Waals surface area contributed by atoms with Gasteiger partial charge >= 0.3 is 0 Å². The highest BCUT2D eigenvalue weighted by Crippen LogP contribution is 2.12. The Hall–Kier alpha value is -1.64.